The van der Waals surface area contributed by atoms with Crippen molar-refractivity contribution in [2.75, 3.05) is 0 Å². The molecule has 1 unspecified atom stereocenters. The number of rotatable bonds is 7. The lowest BCUT2D eigenvalue weighted by molar-refractivity contribution is -0.137. The Labute approximate surface area is 154 Å². The number of nitrogens with zero attached hydrogens (tertiary/aromatic N) is 1. The molecule has 2 heterocycles. The molecule has 0 aliphatic heterocycles. The molecule has 0 aliphatic carbocycles. The Morgan fingerprint density at radius 3 is 2.52 bits per heavy atom. The predicted molar refractivity (Wildman–Crippen MR) is 94.5 cm³/mol. The van der Waals surface area contributed by atoms with Gasteiger partial charge in [0.2, 0.25) is 11.5 Å². The first-order chi connectivity index (χ1) is 13.0. The summed E-state index contributed by atoms with van der Waals surface area (Å²) < 4.78 is 10.4. The van der Waals surface area contributed by atoms with E-state index in [4.69, 9.17) is 14.7 Å². The highest BCUT2D eigenvalue weighted by atomic mass is 16.5. The fourth-order valence-corrected chi connectivity index (χ4v) is 2.67. The summed E-state index contributed by atoms with van der Waals surface area (Å²) in [5.41, 5.74) is 6.35. The van der Waals surface area contributed by atoms with Crippen molar-refractivity contribution in [3.8, 4) is 11.5 Å². The van der Waals surface area contributed by atoms with Crippen molar-refractivity contribution in [2.45, 2.75) is 19.4 Å². The van der Waals surface area contributed by atoms with E-state index in [2.05, 4.69) is 10.5 Å². The summed E-state index contributed by atoms with van der Waals surface area (Å²) in [6, 6.07) is 11.1. The quantitative estimate of drug-likeness (QED) is 0.611. The minimum atomic E-state index is -1.12. The van der Waals surface area contributed by atoms with Gasteiger partial charge in [0, 0.05) is 6.42 Å². The predicted octanol–water partition coefficient (Wildman–Crippen LogP) is 1.64. The maximum absolute atomic E-state index is 12.8. The summed E-state index contributed by atoms with van der Waals surface area (Å²) in [5, 5.41) is 6.35. The van der Waals surface area contributed by atoms with Crippen LogP contribution in [0.2, 0.25) is 0 Å². The van der Waals surface area contributed by atoms with Gasteiger partial charge in [0.05, 0.1) is 12.0 Å². The van der Waals surface area contributed by atoms with Crippen LogP contribution in [0.25, 0.3) is 11.5 Å². The fourth-order valence-electron chi connectivity index (χ4n) is 2.67. The summed E-state index contributed by atoms with van der Waals surface area (Å²) in [5.74, 6) is -2.16. The van der Waals surface area contributed by atoms with E-state index in [9.17, 15) is 14.4 Å². The van der Waals surface area contributed by atoms with E-state index in [1.54, 1.807) is 43.3 Å². The van der Waals surface area contributed by atoms with Crippen LogP contribution in [0, 0.1) is 6.92 Å². The zero-order valence-electron chi connectivity index (χ0n) is 14.5. The van der Waals surface area contributed by atoms with Crippen LogP contribution in [0.3, 0.4) is 0 Å². The van der Waals surface area contributed by atoms with Crippen molar-refractivity contribution in [3.63, 3.8) is 0 Å². The number of aryl methyl sites for hydroxylation is 1. The average Bonchev–Trinajstić information content (AvgIpc) is 3.30. The Morgan fingerprint density at radius 2 is 1.89 bits per heavy atom. The maximum atomic E-state index is 12.8. The van der Waals surface area contributed by atoms with Gasteiger partial charge < -0.3 is 20.0 Å². The number of hydrogen-bond acceptors (Lipinski definition) is 6. The second-order valence-corrected chi connectivity index (χ2v) is 5.89. The van der Waals surface area contributed by atoms with Crippen LogP contribution in [0.15, 0.2) is 57.7 Å². The fraction of sp³-hybridized carbons (Fsp3) is 0.158. The van der Waals surface area contributed by atoms with Crippen molar-refractivity contribution < 1.29 is 23.3 Å². The van der Waals surface area contributed by atoms with Gasteiger partial charge in [0.1, 0.15) is 11.6 Å². The monoisotopic (exact) mass is 367 g/mol. The Morgan fingerprint density at radius 1 is 1.15 bits per heavy atom. The van der Waals surface area contributed by atoms with E-state index >= 15 is 0 Å². The number of nitrogens with one attached hydrogen (secondary N) is 1. The highest BCUT2D eigenvalue weighted by molar-refractivity contribution is 6.38. The van der Waals surface area contributed by atoms with E-state index in [1.807, 2.05) is 6.07 Å². The highest BCUT2D eigenvalue weighted by Crippen LogP contribution is 2.26. The standard InChI is InChI=1S/C19H17N3O5/c1-11-15(17(27-22-11)14-8-5-9-26-14)19(25)21-13(16(23)18(20)24)10-12-6-3-2-4-7-12/h2-9,13H,10H2,1H3,(H2,20,24)(H,21,25). The second-order valence-electron chi connectivity index (χ2n) is 5.89. The van der Waals surface area contributed by atoms with E-state index in [-0.39, 0.29) is 17.7 Å². The van der Waals surface area contributed by atoms with Gasteiger partial charge in [-0.1, -0.05) is 35.5 Å². The van der Waals surface area contributed by atoms with Crippen molar-refractivity contribution >= 4 is 17.6 Å². The largest absolute Gasteiger partial charge is 0.461 e. The molecule has 3 aromatic rings. The second kappa shape index (κ2) is 7.69. The van der Waals surface area contributed by atoms with E-state index in [1.165, 1.54) is 6.26 Å². The van der Waals surface area contributed by atoms with Gasteiger partial charge in [0.15, 0.2) is 5.76 Å². The molecule has 0 saturated carbocycles. The number of primary amides is 1. The van der Waals surface area contributed by atoms with Crippen LogP contribution in [-0.4, -0.2) is 28.8 Å². The van der Waals surface area contributed by atoms with Gasteiger partial charge in [-0.3, -0.25) is 14.4 Å². The molecule has 1 atom stereocenters. The smallest absolute Gasteiger partial charge is 0.287 e. The lowest BCUT2D eigenvalue weighted by Gasteiger charge is -2.16. The summed E-state index contributed by atoms with van der Waals surface area (Å²) in [6.07, 6.45) is 1.55. The molecule has 3 N–H and O–H groups in total. The van der Waals surface area contributed by atoms with E-state index in [0.717, 1.165) is 5.56 Å². The molecular formula is C19H17N3O5. The van der Waals surface area contributed by atoms with Gasteiger partial charge in [-0.05, 0) is 24.6 Å². The van der Waals surface area contributed by atoms with Gasteiger partial charge in [-0.15, -0.1) is 0 Å². The number of ketones is 1. The number of nitrogens with two attached hydrogens (primary N) is 1. The van der Waals surface area contributed by atoms with E-state index < -0.39 is 23.6 Å². The lowest BCUT2D eigenvalue weighted by atomic mass is 10.0. The molecule has 0 aliphatic rings. The van der Waals surface area contributed by atoms with Crippen molar-refractivity contribution in [2.24, 2.45) is 5.73 Å². The number of benzene rings is 1. The molecule has 8 nitrogen and oxygen atoms in total. The minimum Gasteiger partial charge on any atom is -0.461 e. The molecule has 1 aromatic carbocycles. The van der Waals surface area contributed by atoms with E-state index in [0.29, 0.717) is 11.5 Å². The molecule has 0 fully saturated rings. The molecule has 0 radical (unpaired) electrons. The summed E-state index contributed by atoms with van der Waals surface area (Å²) in [4.78, 5) is 36.4. The first-order valence-electron chi connectivity index (χ1n) is 8.16. The number of amides is 2. The Balaban J connectivity index is 1.88. The van der Waals surface area contributed by atoms with Gasteiger partial charge in [0.25, 0.3) is 11.8 Å². The molecule has 27 heavy (non-hydrogen) atoms. The highest BCUT2D eigenvalue weighted by Gasteiger charge is 2.30. The molecule has 3 rings (SSSR count). The first kappa shape index (κ1) is 18.1. The number of aromatic nitrogens is 1. The van der Waals surface area contributed by atoms with Crippen LogP contribution in [0.4, 0.5) is 0 Å². The third-order valence-electron chi connectivity index (χ3n) is 3.98. The zero-order chi connectivity index (χ0) is 19.4. The summed E-state index contributed by atoms with van der Waals surface area (Å²) >= 11 is 0. The molecule has 0 bridgehead atoms. The third-order valence-corrected chi connectivity index (χ3v) is 3.98. The number of hydrogen-bond donors (Lipinski definition) is 2. The van der Waals surface area contributed by atoms with Crippen molar-refractivity contribution in [1.82, 2.24) is 10.5 Å². The van der Waals surface area contributed by atoms with Crippen molar-refractivity contribution in [3.05, 3.63) is 65.5 Å². The molecule has 0 spiro atoms. The van der Waals surface area contributed by atoms with Crippen LogP contribution in [0.5, 0.6) is 0 Å². The molecule has 2 aromatic heterocycles. The first-order valence-corrected chi connectivity index (χ1v) is 8.16. The summed E-state index contributed by atoms with van der Waals surface area (Å²) in [6.45, 7) is 1.59. The van der Waals surface area contributed by atoms with Crippen LogP contribution in [0.1, 0.15) is 21.6 Å². The van der Waals surface area contributed by atoms with Crippen molar-refractivity contribution in [1.29, 1.82) is 0 Å². The normalized spacial score (nSPS) is 11.7. The molecule has 138 valence electrons. The zero-order valence-corrected chi connectivity index (χ0v) is 14.5. The van der Waals surface area contributed by atoms with Crippen LogP contribution >= 0.6 is 0 Å². The topological polar surface area (TPSA) is 128 Å². The number of carbonyl (C=O) groups is 3. The Hall–Kier alpha value is -3.68. The third kappa shape index (κ3) is 3.95. The number of Topliss-reactive ketones (excluding diaryl/α,β-unsaturated/α-hetero) is 1. The van der Waals surface area contributed by atoms with Crippen LogP contribution in [-0.2, 0) is 16.0 Å². The Bertz CT molecular complexity index is 961. The minimum absolute atomic E-state index is 0.120. The van der Waals surface area contributed by atoms with Gasteiger partial charge in [-0.2, -0.15) is 0 Å². The van der Waals surface area contributed by atoms with Crippen LogP contribution < -0.4 is 11.1 Å². The number of carbonyl (C=O) groups excluding carboxylic acids is 3. The lowest BCUT2D eigenvalue weighted by Crippen LogP contribution is -2.47. The average molecular weight is 367 g/mol. The molecule has 2 amide bonds. The van der Waals surface area contributed by atoms with Gasteiger partial charge in [-0.25, -0.2) is 0 Å². The maximum Gasteiger partial charge on any atom is 0.287 e. The molecule has 8 heteroatoms. The Kier molecular flexibility index (Phi) is 5.16. The number of furan rings is 1. The molecular weight excluding hydrogens is 350 g/mol. The summed E-state index contributed by atoms with van der Waals surface area (Å²) in [7, 11) is 0. The molecule has 0 saturated heterocycles. The van der Waals surface area contributed by atoms with Gasteiger partial charge >= 0.3 is 0 Å². The SMILES string of the molecule is Cc1noc(-c2ccco2)c1C(=O)NC(Cc1ccccc1)C(=O)C(N)=O.